The SMILES string of the molecule is NCCN(Cc1ccc2c(c1)CN(C1CCC(=O)NC1=O)C2=O)c1cccnn1. The molecule has 1 fully saturated rings. The van der Waals surface area contributed by atoms with Crippen molar-refractivity contribution in [3.8, 4) is 0 Å². The van der Waals surface area contributed by atoms with E-state index >= 15 is 0 Å². The fourth-order valence-electron chi connectivity index (χ4n) is 3.84. The van der Waals surface area contributed by atoms with Gasteiger partial charge in [-0.25, -0.2) is 0 Å². The third-order valence-electron chi connectivity index (χ3n) is 5.24. The van der Waals surface area contributed by atoms with Crippen LogP contribution < -0.4 is 16.0 Å². The third kappa shape index (κ3) is 3.81. The molecule has 2 aromatic rings. The zero-order valence-electron chi connectivity index (χ0n) is 15.9. The van der Waals surface area contributed by atoms with Crippen LogP contribution in [-0.2, 0) is 22.7 Å². The van der Waals surface area contributed by atoms with E-state index in [1.807, 2.05) is 29.2 Å². The molecule has 1 saturated heterocycles. The maximum atomic E-state index is 12.8. The molecule has 2 aliphatic rings. The summed E-state index contributed by atoms with van der Waals surface area (Å²) in [4.78, 5) is 39.9. The standard InChI is InChI=1S/C20H22N6O3/c21-7-9-25(17-2-1-8-22-24-17)11-13-3-4-15-14(10-13)12-26(20(15)29)16-5-6-18(27)23-19(16)28/h1-4,8,10,16H,5-7,9,11-12,21H2,(H,23,27,28). The summed E-state index contributed by atoms with van der Waals surface area (Å²) in [6, 6.07) is 8.79. The molecule has 0 saturated carbocycles. The normalized spacial score (nSPS) is 18.6. The molecule has 29 heavy (non-hydrogen) atoms. The van der Waals surface area contributed by atoms with Crippen LogP contribution in [0.15, 0.2) is 36.5 Å². The zero-order chi connectivity index (χ0) is 20.4. The number of benzene rings is 1. The monoisotopic (exact) mass is 394 g/mol. The number of rotatable bonds is 6. The van der Waals surface area contributed by atoms with Crippen molar-refractivity contribution in [2.45, 2.75) is 32.0 Å². The van der Waals surface area contributed by atoms with E-state index in [0.29, 0.717) is 38.2 Å². The minimum absolute atomic E-state index is 0.172. The van der Waals surface area contributed by atoms with Crippen molar-refractivity contribution in [3.05, 3.63) is 53.2 Å². The summed E-state index contributed by atoms with van der Waals surface area (Å²) in [5.41, 5.74) is 8.24. The quantitative estimate of drug-likeness (QED) is 0.671. The molecule has 0 bridgehead atoms. The van der Waals surface area contributed by atoms with Gasteiger partial charge in [0, 0.05) is 44.4 Å². The second-order valence-electron chi connectivity index (χ2n) is 7.18. The number of imide groups is 1. The first-order valence-corrected chi connectivity index (χ1v) is 9.56. The van der Waals surface area contributed by atoms with E-state index in [9.17, 15) is 14.4 Å². The minimum Gasteiger partial charge on any atom is -0.350 e. The highest BCUT2D eigenvalue weighted by molar-refractivity contribution is 6.05. The zero-order valence-corrected chi connectivity index (χ0v) is 15.9. The molecule has 0 radical (unpaired) electrons. The largest absolute Gasteiger partial charge is 0.350 e. The summed E-state index contributed by atoms with van der Waals surface area (Å²) in [5.74, 6) is -0.130. The summed E-state index contributed by atoms with van der Waals surface area (Å²) in [6.45, 7) is 2.03. The van der Waals surface area contributed by atoms with E-state index < -0.39 is 11.9 Å². The van der Waals surface area contributed by atoms with E-state index in [4.69, 9.17) is 5.73 Å². The number of nitrogens with zero attached hydrogens (tertiary/aromatic N) is 4. The summed E-state index contributed by atoms with van der Waals surface area (Å²) >= 11 is 0. The highest BCUT2D eigenvalue weighted by atomic mass is 16.2. The average Bonchev–Trinajstić information content (AvgIpc) is 3.04. The lowest BCUT2D eigenvalue weighted by molar-refractivity contribution is -0.136. The Morgan fingerprint density at radius 3 is 2.83 bits per heavy atom. The highest BCUT2D eigenvalue weighted by Crippen LogP contribution is 2.28. The number of amides is 3. The molecule has 9 nitrogen and oxygen atoms in total. The molecule has 1 aromatic heterocycles. The maximum absolute atomic E-state index is 12.8. The molecular weight excluding hydrogens is 372 g/mol. The average molecular weight is 394 g/mol. The molecule has 0 spiro atoms. The predicted octanol–water partition coefficient (Wildman–Crippen LogP) is 0.203. The summed E-state index contributed by atoms with van der Waals surface area (Å²) in [7, 11) is 0. The van der Waals surface area contributed by atoms with Gasteiger partial charge >= 0.3 is 0 Å². The van der Waals surface area contributed by atoms with Crippen LogP contribution in [0.4, 0.5) is 5.82 Å². The lowest BCUT2D eigenvalue weighted by Crippen LogP contribution is -2.52. The Morgan fingerprint density at radius 1 is 1.24 bits per heavy atom. The topological polar surface area (TPSA) is 122 Å². The van der Waals surface area contributed by atoms with Crippen LogP contribution in [0.5, 0.6) is 0 Å². The van der Waals surface area contributed by atoms with E-state index in [-0.39, 0.29) is 18.2 Å². The minimum atomic E-state index is -0.607. The van der Waals surface area contributed by atoms with Crippen molar-refractivity contribution < 1.29 is 14.4 Å². The summed E-state index contributed by atoms with van der Waals surface area (Å²) < 4.78 is 0. The van der Waals surface area contributed by atoms with Crippen LogP contribution in [0, 0.1) is 0 Å². The Kier molecular flexibility index (Phi) is 5.22. The van der Waals surface area contributed by atoms with E-state index in [1.54, 1.807) is 17.2 Å². The van der Waals surface area contributed by atoms with Gasteiger partial charge in [0.1, 0.15) is 6.04 Å². The second-order valence-corrected chi connectivity index (χ2v) is 7.18. The van der Waals surface area contributed by atoms with Crippen molar-refractivity contribution in [1.82, 2.24) is 20.4 Å². The van der Waals surface area contributed by atoms with Gasteiger partial charge in [0.25, 0.3) is 5.91 Å². The maximum Gasteiger partial charge on any atom is 0.255 e. The van der Waals surface area contributed by atoms with Crippen molar-refractivity contribution >= 4 is 23.5 Å². The first kappa shape index (κ1) is 19.0. The summed E-state index contributed by atoms with van der Waals surface area (Å²) in [5, 5.41) is 10.4. The van der Waals surface area contributed by atoms with E-state index in [0.717, 1.165) is 16.9 Å². The molecule has 9 heteroatoms. The molecule has 3 amide bonds. The molecule has 150 valence electrons. The molecule has 3 heterocycles. The highest BCUT2D eigenvalue weighted by Gasteiger charge is 2.39. The van der Waals surface area contributed by atoms with Crippen molar-refractivity contribution in [1.29, 1.82) is 0 Å². The Hall–Kier alpha value is -3.33. The Balaban J connectivity index is 1.52. The van der Waals surface area contributed by atoms with Crippen LogP contribution in [0.1, 0.15) is 34.3 Å². The number of carbonyl (C=O) groups excluding carboxylic acids is 3. The van der Waals surface area contributed by atoms with Gasteiger partial charge in [0.2, 0.25) is 11.8 Å². The molecule has 2 aliphatic heterocycles. The molecule has 1 atom stereocenters. The number of carbonyl (C=O) groups is 3. The first-order chi connectivity index (χ1) is 14.1. The smallest absolute Gasteiger partial charge is 0.255 e. The van der Waals surface area contributed by atoms with Gasteiger partial charge in [-0.3, -0.25) is 19.7 Å². The van der Waals surface area contributed by atoms with Crippen LogP contribution >= 0.6 is 0 Å². The Morgan fingerprint density at radius 2 is 2.10 bits per heavy atom. The number of anilines is 1. The number of hydrogen-bond acceptors (Lipinski definition) is 7. The van der Waals surface area contributed by atoms with Gasteiger partial charge in [-0.1, -0.05) is 12.1 Å². The van der Waals surface area contributed by atoms with Gasteiger partial charge in [-0.15, -0.1) is 5.10 Å². The number of fused-ring (bicyclic) bond motifs is 1. The van der Waals surface area contributed by atoms with Crippen LogP contribution in [-0.4, -0.2) is 52.0 Å². The number of nitrogens with two attached hydrogens (primary N) is 1. The third-order valence-corrected chi connectivity index (χ3v) is 5.24. The van der Waals surface area contributed by atoms with Crippen molar-refractivity contribution in [2.24, 2.45) is 5.73 Å². The fourth-order valence-corrected chi connectivity index (χ4v) is 3.84. The van der Waals surface area contributed by atoms with Gasteiger partial charge in [0.05, 0.1) is 0 Å². The first-order valence-electron chi connectivity index (χ1n) is 9.56. The van der Waals surface area contributed by atoms with Gasteiger partial charge in [-0.2, -0.15) is 5.10 Å². The molecule has 1 unspecified atom stereocenters. The van der Waals surface area contributed by atoms with Crippen LogP contribution in [0.3, 0.4) is 0 Å². The van der Waals surface area contributed by atoms with Gasteiger partial charge in [-0.05, 0) is 35.7 Å². The van der Waals surface area contributed by atoms with Crippen LogP contribution in [0.25, 0.3) is 0 Å². The number of nitrogens with one attached hydrogen (secondary N) is 1. The Bertz CT molecular complexity index is 948. The fraction of sp³-hybridized carbons (Fsp3) is 0.350. The molecular formula is C20H22N6O3. The molecule has 0 aliphatic carbocycles. The van der Waals surface area contributed by atoms with Gasteiger partial charge < -0.3 is 15.5 Å². The predicted molar refractivity (Wildman–Crippen MR) is 105 cm³/mol. The number of hydrogen-bond donors (Lipinski definition) is 2. The lowest BCUT2D eigenvalue weighted by Gasteiger charge is -2.29. The number of piperidine rings is 1. The Labute approximate surface area is 167 Å². The summed E-state index contributed by atoms with van der Waals surface area (Å²) in [6.07, 6.45) is 2.22. The lowest BCUT2D eigenvalue weighted by atomic mass is 10.0. The molecule has 3 N–H and O–H groups in total. The second kappa shape index (κ2) is 7.96. The van der Waals surface area contributed by atoms with E-state index in [1.165, 1.54) is 0 Å². The van der Waals surface area contributed by atoms with Crippen molar-refractivity contribution in [2.75, 3.05) is 18.0 Å². The van der Waals surface area contributed by atoms with Crippen molar-refractivity contribution in [3.63, 3.8) is 0 Å². The van der Waals surface area contributed by atoms with Gasteiger partial charge in [0.15, 0.2) is 5.82 Å². The van der Waals surface area contributed by atoms with E-state index in [2.05, 4.69) is 15.5 Å². The van der Waals surface area contributed by atoms with Crippen LogP contribution in [0.2, 0.25) is 0 Å². The molecule has 4 rings (SSSR count). The molecule has 1 aromatic carbocycles. The number of aromatic nitrogens is 2.